The van der Waals surface area contributed by atoms with Gasteiger partial charge in [0, 0.05) is 36.3 Å². The zero-order valence-electron chi connectivity index (χ0n) is 24.9. The number of hydrogen-bond acceptors (Lipinski definition) is 2. The minimum Gasteiger partial charge on any atom is -0.355 e. The normalized spacial score (nSPS) is 24.5. The molecule has 0 amide bonds. The van der Waals surface area contributed by atoms with E-state index < -0.39 is 16.1 Å². The van der Waals surface area contributed by atoms with Crippen LogP contribution in [0.25, 0.3) is 0 Å². The average Bonchev–Trinajstić information content (AvgIpc) is 3.68. The molecular weight excluding hydrogens is 592 g/mol. The maximum Gasteiger partial charge on any atom is 2.00 e. The second kappa shape index (κ2) is 17.8. The Hall–Kier alpha value is 0.813. The molecule has 4 saturated carbocycles. The Morgan fingerprint density at radius 1 is 0.487 bits per heavy atom. The summed E-state index contributed by atoms with van der Waals surface area (Å²) < 4.78 is 0. The molecule has 20 radical (unpaired) electrons. The van der Waals surface area contributed by atoms with Gasteiger partial charge in [-0.3, -0.25) is 0 Å². The van der Waals surface area contributed by atoms with Gasteiger partial charge in [0.1, 0.15) is 0 Å². The Morgan fingerprint density at radius 3 is 1.03 bits per heavy atom. The Labute approximate surface area is 268 Å². The minimum atomic E-state index is -1.31. The first-order valence-corrected chi connectivity index (χ1v) is 20.6. The summed E-state index contributed by atoms with van der Waals surface area (Å²) >= 11 is 0. The minimum absolute atomic E-state index is 0. The van der Waals surface area contributed by atoms with E-state index in [1.807, 2.05) is 64.2 Å². The van der Waals surface area contributed by atoms with Crippen LogP contribution in [0.2, 0.25) is 39.3 Å². The van der Waals surface area contributed by atoms with Gasteiger partial charge in [-0.15, -0.1) is 0 Å². The second-order valence-electron chi connectivity index (χ2n) is 12.0. The van der Waals surface area contributed by atoms with Crippen LogP contribution < -0.4 is 0 Å². The van der Waals surface area contributed by atoms with Crippen molar-refractivity contribution in [3.63, 3.8) is 0 Å². The standard InChI is InChI=1S/C23H36N2Si2.2C5H5.2Fe/c1-18(20-11-9-13-22(20)26(3,4)5)24-15-16-25(17-24)19(2)21-12-10-14-23(21)27(6,7)8;2*1-2-4-5-3-1;;/h9-16,18-19H,17H2,1-8H3;2*1-5H;;/q;;;2*+2/t18-,19-;;;;/m1..../s1. The summed E-state index contributed by atoms with van der Waals surface area (Å²) in [5.41, 5.74) is 3.21. The molecule has 1 heterocycles. The zero-order valence-corrected chi connectivity index (χ0v) is 29.1. The van der Waals surface area contributed by atoms with Gasteiger partial charge in [0.25, 0.3) is 0 Å². The van der Waals surface area contributed by atoms with E-state index in [-0.39, 0.29) is 34.1 Å². The van der Waals surface area contributed by atoms with Crippen molar-refractivity contribution in [3.8, 4) is 0 Å². The third kappa shape index (κ3) is 11.4. The summed E-state index contributed by atoms with van der Waals surface area (Å²) in [4.78, 5) is 4.99. The summed E-state index contributed by atoms with van der Waals surface area (Å²) in [7, 11) is -2.62. The van der Waals surface area contributed by atoms with E-state index in [9.17, 15) is 0 Å². The first kappa shape index (κ1) is 37.8. The average molecular weight is 639 g/mol. The van der Waals surface area contributed by atoms with Crippen LogP contribution >= 0.6 is 0 Å². The molecule has 4 aliphatic carbocycles. The van der Waals surface area contributed by atoms with Crippen LogP contribution in [0.4, 0.5) is 0 Å². The van der Waals surface area contributed by atoms with Crippen LogP contribution in [0.5, 0.6) is 0 Å². The molecule has 2 nitrogen and oxygen atoms in total. The summed E-state index contributed by atoms with van der Waals surface area (Å²) in [5.74, 6) is 3.04. The molecule has 6 heteroatoms. The molecule has 5 rings (SSSR count). The topological polar surface area (TPSA) is 6.48 Å². The maximum absolute atomic E-state index is 2.49. The van der Waals surface area contributed by atoms with Crippen molar-refractivity contribution in [3.05, 3.63) is 138 Å². The van der Waals surface area contributed by atoms with E-state index in [2.05, 4.69) is 114 Å². The zero-order chi connectivity index (χ0) is 27.1. The molecule has 0 aromatic rings. The molecule has 39 heavy (non-hydrogen) atoms. The van der Waals surface area contributed by atoms with Gasteiger partial charge in [0.15, 0.2) is 0 Å². The maximum atomic E-state index is 2.49. The Morgan fingerprint density at radius 2 is 0.769 bits per heavy atom. The van der Waals surface area contributed by atoms with Gasteiger partial charge < -0.3 is 9.80 Å². The second-order valence-corrected chi connectivity index (χ2v) is 22.1. The number of nitrogens with zero attached hydrogens (tertiary/aromatic N) is 2. The van der Waals surface area contributed by atoms with Crippen LogP contribution in [0.3, 0.4) is 0 Å². The predicted octanol–water partition coefficient (Wildman–Crippen LogP) is 7.15. The largest absolute Gasteiger partial charge is 2.00 e. The predicted molar refractivity (Wildman–Crippen MR) is 165 cm³/mol. The van der Waals surface area contributed by atoms with Crippen molar-refractivity contribution in [2.45, 2.75) is 65.2 Å². The molecule has 208 valence electrons. The fourth-order valence-corrected chi connectivity index (χ4v) is 8.43. The molecule has 0 spiro atoms. The van der Waals surface area contributed by atoms with Crippen molar-refractivity contribution >= 4 is 16.1 Å². The van der Waals surface area contributed by atoms with Crippen molar-refractivity contribution in [2.75, 3.05) is 6.67 Å². The monoisotopic (exact) mass is 638 g/mol. The van der Waals surface area contributed by atoms with Crippen LogP contribution in [0.1, 0.15) is 13.8 Å². The summed E-state index contributed by atoms with van der Waals surface area (Å²) in [5, 5.41) is 0. The number of hydrogen-bond donors (Lipinski definition) is 0. The fourth-order valence-electron chi connectivity index (χ4n) is 4.92. The molecule has 0 N–H and O–H groups in total. The molecule has 2 atom stereocenters. The van der Waals surface area contributed by atoms with Crippen molar-refractivity contribution < 1.29 is 34.1 Å². The molecule has 0 aromatic heterocycles. The van der Waals surface area contributed by atoms with E-state index in [1.54, 1.807) is 11.1 Å². The Balaban J connectivity index is 0.000000529. The van der Waals surface area contributed by atoms with Gasteiger partial charge in [-0.05, 0) is 128 Å². The molecule has 4 fully saturated rings. The van der Waals surface area contributed by atoms with Gasteiger partial charge in [-0.25, -0.2) is 0 Å². The summed E-state index contributed by atoms with van der Waals surface area (Å²) in [6.45, 7) is 20.3. The van der Waals surface area contributed by atoms with E-state index in [1.165, 1.54) is 11.8 Å². The van der Waals surface area contributed by atoms with Crippen molar-refractivity contribution in [2.24, 2.45) is 0 Å². The first-order valence-electron chi connectivity index (χ1n) is 13.6. The molecular formula is C33H46Fe2N2Si2+4. The first-order chi connectivity index (χ1) is 17.5. The fraction of sp³-hybridized carbons (Fsp3) is 0.333. The summed E-state index contributed by atoms with van der Waals surface area (Å²) in [6, 6.07) is 0.845. The smallest absolute Gasteiger partial charge is 0.355 e. The van der Waals surface area contributed by atoms with E-state index >= 15 is 0 Å². The quantitative estimate of drug-likeness (QED) is 0.285. The molecule has 0 unspecified atom stereocenters. The van der Waals surface area contributed by atoms with Crippen molar-refractivity contribution in [1.82, 2.24) is 9.80 Å². The van der Waals surface area contributed by atoms with Crippen LogP contribution in [-0.4, -0.2) is 44.7 Å². The van der Waals surface area contributed by atoms with Gasteiger partial charge in [0.05, 0.1) is 22.8 Å². The van der Waals surface area contributed by atoms with Gasteiger partial charge in [-0.1, -0.05) is 39.3 Å². The Bertz CT molecular complexity index is 611. The summed E-state index contributed by atoms with van der Waals surface area (Å²) in [6.07, 6.45) is 38.4. The van der Waals surface area contributed by atoms with E-state index in [0.717, 1.165) is 6.67 Å². The SMILES string of the molecule is C[C@H]([C]1[CH][CH][CH][C]1[Si](C)(C)C)N1C=CN([C@H](C)[C]2[CH][CH][CH][C]2[Si](C)(C)C)C1.[CH]1[CH][CH][CH][CH]1.[CH]1[CH][CH][CH][CH]1.[Fe+2].[Fe+2]. The van der Waals surface area contributed by atoms with E-state index in [0.29, 0.717) is 12.1 Å². The van der Waals surface area contributed by atoms with Gasteiger partial charge in [-0.2, -0.15) is 0 Å². The molecule has 1 aliphatic heterocycles. The van der Waals surface area contributed by atoms with Gasteiger partial charge in [0.2, 0.25) is 0 Å². The number of rotatable bonds is 6. The van der Waals surface area contributed by atoms with Gasteiger partial charge >= 0.3 is 34.1 Å². The van der Waals surface area contributed by atoms with E-state index in [4.69, 9.17) is 0 Å². The Kier molecular flexibility index (Phi) is 17.3. The van der Waals surface area contributed by atoms with Crippen LogP contribution in [0.15, 0.2) is 12.4 Å². The third-order valence-electron chi connectivity index (χ3n) is 7.10. The molecule has 0 aromatic carbocycles. The molecule has 5 aliphatic rings. The molecule has 0 bridgehead atoms. The molecule has 0 saturated heterocycles. The third-order valence-corrected chi connectivity index (χ3v) is 11.2. The van der Waals surface area contributed by atoms with Crippen LogP contribution in [-0.2, 0) is 34.1 Å². The van der Waals surface area contributed by atoms with Crippen molar-refractivity contribution in [1.29, 1.82) is 0 Å². The van der Waals surface area contributed by atoms with Crippen LogP contribution in [0, 0.1) is 126 Å².